The summed E-state index contributed by atoms with van der Waals surface area (Å²) < 4.78 is 0. The second kappa shape index (κ2) is 10.1. The Balaban J connectivity index is 1.85. The van der Waals surface area contributed by atoms with Crippen LogP contribution in [0.25, 0.3) is 6.08 Å². The van der Waals surface area contributed by atoms with Crippen LogP contribution in [0.15, 0.2) is 76.6 Å². The summed E-state index contributed by atoms with van der Waals surface area (Å²) in [4.78, 5) is 27.6. The van der Waals surface area contributed by atoms with Gasteiger partial charge in [-0.3, -0.25) is 9.59 Å². The predicted molar refractivity (Wildman–Crippen MR) is 122 cm³/mol. The van der Waals surface area contributed by atoms with Crippen LogP contribution >= 0.6 is 23.1 Å². The molecule has 4 nitrogen and oxygen atoms in total. The number of carbonyl (C=O) groups is 2. The normalized spacial score (nSPS) is 11.2. The number of amides is 2. The largest absolute Gasteiger partial charge is 0.320 e. The fourth-order valence-corrected chi connectivity index (χ4v) is 4.03. The number of carbonyl (C=O) groups excluding carboxylic acids is 2. The van der Waals surface area contributed by atoms with E-state index in [0.29, 0.717) is 5.56 Å². The predicted octanol–water partition coefficient (Wildman–Crippen LogP) is 5.58. The van der Waals surface area contributed by atoms with E-state index in [0.717, 1.165) is 26.8 Å². The standard InChI is InChI=1S/C23H22N2O2S2/c1-3-28-21-9-5-4-8-19(21)24-23(27)20(15-18-7-6-14-29-18)25-22(26)17-12-10-16(2)11-13-17/h4-15H,3H2,1-2H3,(H,24,27)(H,25,26)/b20-15-. The van der Waals surface area contributed by atoms with Crippen LogP contribution in [0.2, 0.25) is 0 Å². The SMILES string of the molecule is CCSc1ccccc1NC(=O)/C(=C/c1cccs1)NC(=O)c1ccc(C)cc1. The third kappa shape index (κ3) is 5.82. The lowest BCUT2D eigenvalue weighted by Crippen LogP contribution is -2.30. The maximum Gasteiger partial charge on any atom is 0.272 e. The molecule has 3 rings (SSSR count). The Labute approximate surface area is 179 Å². The van der Waals surface area contributed by atoms with Gasteiger partial charge in [-0.1, -0.05) is 42.8 Å². The van der Waals surface area contributed by atoms with Gasteiger partial charge in [0, 0.05) is 15.3 Å². The van der Waals surface area contributed by atoms with Gasteiger partial charge in [0.25, 0.3) is 11.8 Å². The fourth-order valence-electron chi connectivity index (χ4n) is 2.61. The van der Waals surface area contributed by atoms with Crippen molar-refractivity contribution in [1.82, 2.24) is 5.32 Å². The average molecular weight is 423 g/mol. The van der Waals surface area contributed by atoms with E-state index in [2.05, 4.69) is 17.6 Å². The van der Waals surface area contributed by atoms with Gasteiger partial charge >= 0.3 is 0 Å². The van der Waals surface area contributed by atoms with Crippen molar-refractivity contribution in [3.8, 4) is 0 Å². The number of aryl methyl sites for hydroxylation is 1. The summed E-state index contributed by atoms with van der Waals surface area (Å²) in [6.07, 6.45) is 1.70. The van der Waals surface area contributed by atoms with E-state index in [4.69, 9.17) is 0 Å². The Bertz CT molecular complexity index is 1010. The molecule has 1 heterocycles. The number of para-hydroxylation sites is 1. The van der Waals surface area contributed by atoms with Crippen LogP contribution < -0.4 is 10.6 Å². The molecule has 0 unspecified atom stereocenters. The molecule has 3 aromatic rings. The minimum absolute atomic E-state index is 0.203. The molecule has 148 valence electrons. The molecule has 6 heteroatoms. The molecule has 0 atom stereocenters. The lowest BCUT2D eigenvalue weighted by atomic mass is 10.1. The number of hydrogen-bond acceptors (Lipinski definition) is 4. The number of thiophene rings is 1. The number of nitrogens with one attached hydrogen (secondary N) is 2. The Morgan fingerprint density at radius 3 is 2.48 bits per heavy atom. The summed E-state index contributed by atoms with van der Waals surface area (Å²) >= 11 is 3.15. The second-order valence-electron chi connectivity index (χ2n) is 6.28. The number of benzene rings is 2. The molecule has 0 fully saturated rings. The highest BCUT2D eigenvalue weighted by atomic mass is 32.2. The first kappa shape index (κ1) is 20.9. The van der Waals surface area contributed by atoms with E-state index in [1.54, 1.807) is 30.0 Å². The molecule has 0 spiro atoms. The van der Waals surface area contributed by atoms with Gasteiger partial charge in [0.2, 0.25) is 0 Å². The van der Waals surface area contributed by atoms with E-state index in [1.807, 2.05) is 60.8 Å². The number of anilines is 1. The molecular formula is C23H22N2O2S2. The minimum Gasteiger partial charge on any atom is -0.320 e. The zero-order valence-electron chi connectivity index (χ0n) is 16.3. The van der Waals surface area contributed by atoms with Gasteiger partial charge in [-0.05, 0) is 54.5 Å². The third-order valence-corrected chi connectivity index (χ3v) is 5.85. The van der Waals surface area contributed by atoms with Gasteiger partial charge in [-0.25, -0.2) is 0 Å². The average Bonchev–Trinajstić information content (AvgIpc) is 3.23. The van der Waals surface area contributed by atoms with Crippen molar-refractivity contribution in [2.24, 2.45) is 0 Å². The van der Waals surface area contributed by atoms with Gasteiger partial charge in [-0.2, -0.15) is 0 Å². The maximum atomic E-state index is 13.0. The van der Waals surface area contributed by atoms with Crippen molar-refractivity contribution < 1.29 is 9.59 Å². The number of thioether (sulfide) groups is 1. The maximum absolute atomic E-state index is 13.0. The fraction of sp³-hybridized carbons (Fsp3) is 0.130. The lowest BCUT2D eigenvalue weighted by Gasteiger charge is -2.13. The molecule has 2 N–H and O–H groups in total. The summed E-state index contributed by atoms with van der Waals surface area (Å²) in [5.41, 5.74) is 2.50. The molecule has 0 saturated carbocycles. The first-order valence-electron chi connectivity index (χ1n) is 9.23. The molecule has 0 aliphatic rings. The monoisotopic (exact) mass is 422 g/mol. The van der Waals surface area contributed by atoms with Gasteiger partial charge in [0.1, 0.15) is 5.70 Å². The molecule has 0 radical (unpaired) electrons. The summed E-state index contributed by atoms with van der Waals surface area (Å²) in [6, 6.07) is 18.7. The minimum atomic E-state index is -0.358. The Morgan fingerprint density at radius 2 is 1.79 bits per heavy atom. The van der Waals surface area contributed by atoms with Gasteiger partial charge in [-0.15, -0.1) is 23.1 Å². The summed E-state index contributed by atoms with van der Waals surface area (Å²) in [7, 11) is 0. The zero-order chi connectivity index (χ0) is 20.6. The van der Waals surface area contributed by atoms with Crippen molar-refractivity contribution >= 4 is 46.7 Å². The van der Waals surface area contributed by atoms with Crippen molar-refractivity contribution in [3.05, 3.63) is 87.7 Å². The van der Waals surface area contributed by atoms with E-state index < -0.39 is 0 Å². The molecular weight excluding hydrogens is 400 g/mol. The summed E-state index contributed by atoms with van der Waals surface area (Å²) in [5, 5.41) is 7.64. The molecule has 29 heavy (non-hydrogen) atoms. The lowest BCUT2D eigenvalue weighted by molar-refractivity contribution is -0.113. The zero-order valence-corrected chi connectivity index (χ0v) is 17.9. The highest BCUT2D eigenvalue weighted by Crippen LogP contribution is 2.27. The third-order valence-electron chi connectivity index (χ3n) is 4.07. The van der Waals surface area contributed by atoms with Gasteiger partial charge in [0.05, 0.1) is 5.69 Å². The smallest absolute Gasteiger partial charge is 0.272 e. The number of hydrogen-bond donors (Lipinski definition) is 2. The van der Waals surface area contributed by atoms with Crippen LogP contribution in [0, 0.1) is 6.92 Å². The number of rotatable bonds is 7. The molecule has 0 bridgehead atoms. The Hall–Kier alpha value is -2.83. The van der Waals surface area contributed by atoms with Crippen molar-refractivity contribution in [3.63, 3.8) is 0 Å². The Kier molecular flexibility index (Phi) is 7.27. The topological polar surface area (TPSA) is 58.2 Å². The molecule has 2 aromatic carbocycles. The van der Waals surface area contributed by atoms with Crippen molar-refractivity contribution in [2.75, 3.05) is 11.1 Å². The summed E-state index contributed by atoms with van der Waals surface area (Å²) in [6.45, 7) is 4.02. The highest BCUT2D eigenvalue weighted by Gasteiger charge is 2.16. The van der Waals surface area contributed by atoms with Crippen LogP contribution in [0.5, 0.6) is 0 Å². The van der Waals surface area contributed by atoms with Gasteiger partial charge < -0.3 is 10.6 Å². The molecule has 0 aliphatic carbocycles. The van der Waals surface area contributed by atoms with Crippen LogP contribution in [0.1, 0.15) is 27.7 Å². The van der Waals surface area contributed by atoms with Crippen LogP contribution in [-0.4, -0.2) is 17.6 Å². The van der Waals surface area contributed by atoms with E-state index >= 15 is 0 Å². The van der Waals surface area contributed by atoms with Crippen LogP contribution in [-0.2, 0) is 4.79 Å². The van der Waals surface area contributed by atoms with Crippen LogP contribution in [0.4, 0.5) is 5.69 Å². The van der Waals surface area contributed by atoms with Gasteiger partial charge in [0.15, 0.2) is 0 Å². The highest BCUT2D eigenvalue weighted by molar-refractivity contribution is 7.99. The molecule has 0 saturated heterocycles. The Morgan fingerprint density at radius 1 is 1.03 bits per heavy atom. The van der Waals surface area contributed by atoms with Crippen molar-refractivity contribution in [2.45, 2.75) is 18.7 Å². The second-order valence-corrected chi connectivity index (χ2v) is 8.56. The first-order valence-corrected chi connectivity index (χ1v) is 11.1. The van der Waals surface area contributed by atoms with Crippen molar-refractivity contribution in [1.29, 1.82) is 0 Å². The van der Waals surface area contributed by atoms with Crippen LogP contribution in [0.3, 0.4) is 0 Å². The van der Waals surface area contributed by atoms with E-state index in [1.165, 1.54) is 11.3 Å². The van der Waals surface area contributed by atoms with E-state index in [9.17, 15) is 9.59 Å². The molecule has 1 aromatic heterocycles. The molecule has 0 aliphatic heterocycles. The quantitative estimate of drug-likeness (QED) is 0.386. The first-order chi connectivity index (χ1) is 14.1. The molecule has 2 amide bonds. The van der Waals surface area contributed by atoms with E-state index in [-0.39, 0.29) is 17.5 Å². The summed E-state index contributed by atoms with van der Waals surface area (Å²) in [5.74, 6) is 0.219.